The fraction of sp³-hybridized carbons (Fsp3) is 0.500. The van der Waals surface area contributed by atoms with E-state index in [4.69, 9.17) is 5.73 Å². The van der Waals surface area contributed by atoms with Gasteiger partial charge >= 0.3 is 0 Å². The number of alkyl halides is 1. The van der Waals surface area contributed by atoms with Crippen molar-refractivity contribution >= 4 is 0 Å². The molecule has 1 rings (SSSR count). The average Bonchev–Trinajstić information content (AvgIpc) is 1.88. The first-order chi connectivity index (χ1) is 4.64. The highest BCUT2D eigenvalue weighted by Crippen LogP contribution is 2.23. The molecule has 0 heterocycles. The molecule has 0 amide bonds. The van der Waals surface area contributed by atoms with Crippen LogP contribution in [0.1, 0.15) is 13.3 Å². The molecule has 10 heavy (non-hydrogen) atoms. The molecule has 0 saturated heterocycles. The molecule has 1 nitrogen and oxygen atoms in total. The molecular formula is C8H12FN. The maximum absolute atomic E-state index is 13.0. The lowest BCUT2D eigenvalue weighted by molar-refractivity contribution is 0.259. The lowest BCUT2D eigenvalue weighted by atomic mass is 9.96. The molecule has 0 aromatic heterocycles. The summed E-state index contributed by atoms with van der Waals surface area (Å²) < 4.78 is 13.0. The van der Waals surface area contributed by atoms with Crippen molar-refractivity contribution in [3.63, 3.8) is 0 Å². The molecule has 0 aromatic rings. The van der Waals surface area contributed by atoms with Crippen LogP contribution in [-0.2, 0) is 0 Å². The van der Waals surface area contributed by atoms with E-state index in [0.29, 0.717) is 13.0 Å². The molecule has 0 radical (unpaired) electrons. The van der Waals surface area contributed by atoms with Crippen LogP contribution in [0.15, 0.2) is 23.8 Å². The summed E-state index contributed by atoms with van der Waals surface area (Å²) in [4.78, 5) is 0. The number of hydrogen-bond donors (Lipinski definition) is 1. The van der Waals surface area contributed by atoms with E-state index in [-0.39, 0.29) is 0 Å². The number of rotatable bonds is 1. The molecule has 0 saturated carbocycles. The summed E-state index contributed by atoms with van der Waals surface area (Å²) in [5.74, 6) is 0. The minimum Gasteiger partial charge on any atom is -0.327 e. The third kappa shape index (κ3) is 1.67. The van der Waals surface area contributed by atoms with E-state index in [0.717, 1.165) is 5.57 Å². The van der Waals surface area contributed by atoms with Crippen LogP contribution in [0.25, 0.3) is 0 Å². The molecule has 1 unspecified atom stereocenters. The van der Waals surface area contributed by atoms with Gasteiger partial charge < -0.3 is 5.73 Å². The molecule has 0 fully saturated rings. The van der Waals surface area contributed by atoms with Crippen molar-refractivity contribution in [3.8, 4) is 0 Å². The van der Waals surface area contributed by atoms with Crippen LogP contribution >= 0.6 is 0 Å². The fourth-order valence-corrected chi connectivity index (χ4v) is 0.899. The van der Waals surface area contributed by atoms with Crippen LogP contribution in [0, 0.1) is 0 Å². The first-order valence-electron chi connectivity index (χ1n) is 3.41. The number of allylic oxidation sites excluding steroid dienone is 2. The van der Waals surface area contributed by atoms with Crippen molar-refractivity contribution in [2.24, 2.45) is 5.73 Å². The quantitative estimate of drug-likeness (QED) is 0.589. The third-order valence-electron chi connectivity index (χ3n) is 1.64. The summed E-state index contributed by atoms with van der Waals surface area (Å²) >= 11 is 0. The third-order valence-corrected chi connectivity index (χ3v) is 1.64. The fourth-order valence-electron chi connectivity index (χ4n) is 0.899. The molecule has 1 atom stereocenters. The number of nitrogens with two attached hydrogens (primary N) is 1. The topological polar surface area (TPSA) is 26.0 Å². The molecule has 0 spiro atoms. The molecule has 1 aliphatic carbocycles. The second-order valence-corrected chi connectivity index (χ2v) is 2.80. The Bertz CT molecular complexity index is 180. The van der Waals surface area contributed by atoms with Gasteiger partial charge in [0.1, 0.15) is 5.67 Å². The van der Waals surface area contributed by atoms with E-state index in [1.165, 1.54) is 0 Å². The molecule has 1 aliphatic rings. The summed E-state index contributed by atoms with van der Waals surface area (Å²) in [5.41, 5.74) is 5.22. The highest BCUT2D eigenvalue weighted by molar-refractivity contribution is 5.27. The highest BCUT2D eigenvalue weighted by Gasteiger charge is 2.19. The van der Waals surface area contributed by atoms with Gasteiger partial charge in [-0.25, -0.2) is 4.39 Å². The Morgan fingerprint density at radius 2 is 2.50 bits per heavy atom. The van der Waals surface area contributed by atoms with Gasteiger partial charge in [-0.3, -0.25) is 0 Å². The zero-order chi connectivity index (χ0) is 7.61. The zero-order valence-electron chi connectivity index (χ0n) is 6.10. The maximum Gasteiger partial charge on any atom is 0.130 e. The van der Waals surface area contributed by atoms with Gasteiger partial charge in [-0.05, 0) is 18.6 Å². The lowest BCUT2D eigenvalue weighted by Crippen LogP contribution is -2.17. The second-order valence-electron chi connectivity index (χ2n) is 2.80. The maximum atomic E-state index is 13.0. The van der Waals surface area contributed by atoms with E-state index in [1.54, 1.807) is 19.1 Å². The van der Waals surface area contributed by atoms with Gasteiger partial charge in [0.05, 0.1) is 0 Å². The highest BCUT2D eigenvalue weighted by atomic mass is 19.1. The van der Waals surface area contributed by atoms with Gasteiger partial charge in [-0.15, -0.1) is 0 Å². The predicted octanol–water partition coefficient (Wildman–Crippen LogP) is 1.56. The van der Waals surface area contributed by atoms with Crippen molar-refractivity contribution < 1.29 is 4.39 Å². The smallest absolute Gasteiger partial charge is 0.130 e. The summed E-state index contributed by atoms with van der Waals surface area (Å²) in [6, 6.07) is 0. The van der Waals surface area contributed by atoms with Gasteiger partial charge in [0.25, 0.3) is 0 Å². The van der Waals surface area contributed by atoms with Gasteiger partial charge in [0, 0.05) is 13.0 Å². The molecule has 2 N–H and O–H groups in total. The lowest BCUT2D eigenvalue weighted by Gasteiger charge is -2.17. The standard InChI is InChI=1S/C8H12FN/c1-8(9)4-2-7(6-10)3-5-8/h2-4H,5-6,10H2,1H3. The molecule has 0 aliphatic heterocycles. The van der Waals surface area contributed by atoms with Crippen molar-refractivity contribution in [2.45, 2.75) is 19.0 Å². The van der Waals surface area contributed by atoms with Crippen molar-refractivity contribution in [1.29, 1.82) is 0 Å². The van der Waals surface area contributed by atoms with Crippen LogP contribution < -0.4 is 5.73 Å². The van der Waals surface area contributed by atoms with Crippen LogP contribution in [0.2, 0.25) is 0 Å². The monoisotopic (exact) mass is 141 g/mol. The van der Waals surface area contributed by atoms with E-state index in [2.05, 4.69) is 0 Å². The van der Waals surface area contributed by atoms with Gasteiger partial charge in [0.2, 0.25) is 0 Å². The minimum absolute atomic E-state index is 0.454. The normalized spacial score (nSPS) is 32.1. The first kappa shape index (κ1) is 7.48. The Hall–Kier alpha value is -0.630. The SMILES string of the molecule is CC1(F)C=CC(CN)=CC1. The zero-order valence-corrected chi connectivity index (χ0v) is 6.10. The number of hydrogen-bond acceptors (Lipinski definition) is 1. The summed E-state index contributed by atoms with van der Waals surface area (Å²) in [6.45, 7) is 2.07. The Morgan fingerprint density at radius 3 is 2.90 bits per heavy atom. The molecular weight excluding hydrogens is 129 g/mol. The van der Waals surface area contributed by atoms with E-state index in [9.17, 15) is 4.39 Å². The first-order valence-corrected chi connectivity index (χ1v) is 3.41. The Labute approximate surface area is 60.4 Å². The van der Waals surface area contributed by atoms with Crippen LogP contribution in [0.5, 0.6) is 0 Å². The largest absolute Gasteiger partial charge is 0.327 e. The summed E-state index contributed by atoms with van der Waals surface area (Å²) in [5, 5.41) is 0. The van der Waals surface area contributed by atoms with Gasteiger partial charge in [-0.2, -0.15) is 0 Å². The summed E-state index contributed by atoms with van der Waals surface area (Å²) in [7, 11) is 0. The van der Waals surface area contributed by atoms with Crippen LogP contribution in [-0.4, -0.2) is 12.2 Å². The van der Waals surface area contributed by atoms with Gasteiger partial charge in [-0.1, -0.05) is 12.2 Å². The van der Waals surface area contributed by atoms with Crippen molar-refractivity contribution in [1.82, 2.24) is 0 Å². The predicted molar refractivity (Wildman–Crippen MR) is 40.4 cm³/mol. The second kappa shape index (κ2) is 2.54. The number of halogens is 1. The van der Waals surface area contributed by atoms with Crippen LogP contribution in [0.3, 0.4) is 0 Å². The molecule has 2 heteroatoms. The molecule has 0 bridgehead atoms. The Morgan fingerprint density at radius 1 is 1.80 bits per heavy atom. The Balaban J connectivity index is 2.63. The average molecular weight is 141 g/mol. The Kier molecular flexibility index (Phi) is 1.90. The van der Waals surface area contributed by atoms with Gasteiger partial charge in [0.15, 0.2) is 0 Å². The van der Waals surface area contributed by atoms with Crippen molar-refractivity contribution in [2.75, 3.05) is 6.54 Å². The van der Waals surface area contributed by atoms with Crippen molar-refractivity contribution in [3.05, 3.63) is 23.8 Å². The minimum atomic E-state index is -1.15. The van der Waals surface area contributed by atoms with Crippen LogP contribution in [0.4, 0.5) is 4.39 Å². The van der Waals surface area contributed by atoms with E-state index >= 15 is 0 Å². The van der Waals surface area contributed by atoms with E-state index < -0.39 is 5.67 Å². The molecule has 0 aromatic carbocycles. The van der Waals surface area contributed by atoms with E-state index in [1.807, 2.05) is 6.08 Å². The molecule has 56 valence electrons. The summed E-state index contributed by atoms with van der Waals surface area (Å²) in [6.07, 6.45) is 5.62.